The van der Waals surface area contributed by atoms with Crippen LogP contribution in [-0.4, -0.2) is 40.5 Å². The lowest BCUT2D eigenvalue weighted by atomic mass is 10.2. The van der Waals surface area contributed by atoms with E-state index in [9.17, 15) is 18.4 Å². The number of fused-ring (bicyclic) bond motifs is 1. The molecule has 0 saturated carbocycles. The highest BCUT2D eigenvalue weighted by atomic mass is 19.3. The van der Waals surface area contributed by atoms with Gasteiger partial charge >= 0.3 is 0 Å². The lowest BCUT2D eigenvalue weighted by molar-refractivity contribution is 0.0885. The fourth-order valence-electron chi connectivity index (χ4n) is 2.54. The van der Waals surface area contributed by atoms with E-state index in [0.29, 0.717) is 16.9 Å². The average molecular weight is 374 g/mol. The van der Waals surface area contributed by atoms with Crippen molar-refractivity contribution in [2.24, 2.45) is 0 Å². The molecule has 0 spiro atoms. The Labute approximate surface area is 152 Å². The predicted octanol–water partition coefficient (Wildman–Crippen LogP) is 1.84. The third kappa shape index (κ3) is 4.08. The summed E-state index contributed by atoms with van der Waals surface area (Å²) in [5.41, 5.74) is 0.222. The molecule has 27 heavy (non-hydrogen) atoms. The molecule has 1 amide bonds. The summed E-state index contributed by atoms with van der Waals surface area (Å²) < 4.78 is 31.1. The van der Waals surface area contributed by atoms with E-state index in [1.54, 1.807) is 43.5 Å². The molecule has 3 aromatic rings. The van der Waals surface area contributed by atoms with Crippen molar-refractivity contribution in [1.82, 2.24) is 19.9 Å². The molecule has 7 nitrogen and oxygen atoms in total. The van der Waals surface area contributed by atoms with Gasteiger partial charge < -0.3 is 10.1 Å². The maximum absolute atomic E-state index is 12.8. The number of pyridine rings is 1. The molecular weight excluding hydrogens is 358 g/mol. The largest absolute Gasteiger partial charge is 0.497 e. The lowest BCUT2D eigenvalue weighted by Crippen LogP contribution is -2.37. The number of nitrogens with zero attached hydrogens (tertiary/aromatic N) is 3. The van der Waals surface area contributed by atoms with Gasteiger partial charge in [-0.1, -0.05) is 12.1 Å². The molecule has 0 aliphatic rings. The van der Waals surface area contributed by atoms with E-state index in [4.69, 9.17) is 4.74 Å². The van der Waals surface area contributed by atoms with E-state index in [2.05, 4.69) is 9.97 Å². The van der Waals surface area contributed by atoms with Gasteiger partial charge in [-0.2, -0.15) is 0 Å². The van der Waals surface area contributed by atoms with Crippen molar-refractivity contribution in [3.63, 3.8) is 0 Å². The van der Waals surface area contributed by atoms with Crippen molar-refractivity contribution in [3.05, 3.63) is 64.2 Å². The number of ether oxygens (including phenoxy) is 1. The summed E-state index contributed by atoms with van der Waals surface area (Å²) in [6.45, 7) is -0.725. The molecule has 0 bridgehead atoms. The Morgan fingerprint density at radius 1 is 1.26 bits per heavy atom. The minimum atomic E-state index is -2.72. The Morgan fingerprint density at radius 3 is 2.67 bits per heavy atom. The van der Waals surface area contributed by atoms with Gasteiger partial charge in [-0.05, 0) is 29.8 Å². The molecule has 0 aliphatic heterocycles. The molecule has 1 aromatic carbocycles. The zero-order chi connectivity index (χ0) is 19.4. The molecule has 3 rings (SSSR count). The van der Waals surface area contributed by atoms with Crippen LogP contribution in [0, 0.1) is 0 Å². The first-order valence-corrected chi connectivity index (χ1v) is 8.04. The van der Waals surface area contributed by atoms with Gasteiger partial charge in [0.15, 0.2) is 11.3 Å². The van der Waals surface area contributed by atoms with Crippen LogP contribution in [0.4, 0.5) is 8.78 Å². The van der Waals surface area contributed by atoms with Crippen LogP contribution in [-0.2, 0) is 6.54 Å². The van der Waals surface area contributed by atoms with E-state index in [-0.39, 0.29) is 6.54 Å². The molecule has 0 fully saturated rings. The Morgan fingerprint density at radius 2 is 2.00 bits per heavy atom. The second-order valence-electron chi connectivity index (χ2n) is 5.65. The summed E-state index contributed by atoms with van der Waals surface area (Å²) in [5.74, 6) is -0.287. The number of carbonyl (C=O) groups excluding carboxylic acids is 1. The van der Waals surface area contributed by atoms with Crippen molar-refractivity contribution >= 4 is 17.1 Å². The normalized spacial score (nSPS) is 11.0. The minimum Gasteiger partial charge on any atom is -0.497 e. The van der Waals surface area contributed by atoms with Crippen LogP contribution in [0.25, 0.3) is 11.2 Å². The molecule has 0 unspecified atom stereocenters. The lowest BCUT2D eigenvalue weighted by Gasteiger charge is -2.12. The SMILES string of the molecule is COc1ccc(Cn2c(=O)c(C(=O)NCC(F)F)nc3cccnc32)cc1. The first-order chi connectivity index (χ1) is 13.0. The van der Waals surface area contributed by atoms with Crippen LogP contribution < -0.4 is 15.6 Å². The summed E-state index contributed by atoms with van der Waals surface area (Å²) in [6, 6.07) is 10.2. The van der Waals surface area contributed by atoms with Gasteiger partial charge in [-0.3, -0.25) is 14.2 Å². The number of hydrogen-bond donors (Lipinski definition) is 1. The fourth-order valence-corrected chi connectivity index (χ4v) is 2.54. The van der Waals surface area contributed by atoms with E-state index in [0.717, 1.165) is 5.56 Å². The summed E-state index contributed by atoms with van der Waals surface area (Å²) in [7, 11) is 1.55. The van der Waals surface area contributed by atoms with E-state index >= 15 is 0 Å². The Hall–Kier alpha value is -3.36. The van der Waals surface area contributed by atoms with E-state index in [1.807, 2.05) is 5.32 Å². The van der Waals surface area contributed by atoms with Gasteiger partial charge in [-0.15, -0.1) is 0 Å². The summed E-state index contributed by atoms with van der Waals surface area (Å²) in [4.78, 5) is 33.1. The zero-order valence-electron chi connectivity index (χ0n) is 14.4. The highest BCUT2D eigenvalue weighted by molar-refractivity contribution is 5.93. The van der Waals surface area contributed by atoms with Gasteiger partial charge in [-0.25, -0.2) is 18.7 Å². The van der Waals surface area contributed by atoms with Crippen LogP contribution in [0.1, 0.15) is 16.1 Å². The number of hydrogen-bond acceptors (Lipinski definition) is 5. The third-order valence-electron chi connectivity index (χ3n) is 3.83. The van der Waals surface area contributed by atoms with Crippen molar-refractivity contribution in [3.8, 4) is 5.75 Å². The smallest absolute Gasteiger partial charge is 0.284 e. The standard InChI is InChI=1S/C18H16F2N4O3/c1-27-12-6-4-11(5-7-12)10-24-16-13(3-2-8-21-16)23-15(18(24)26)17(25)22-9-14(19)20/h2-8,14H,9-10H2,1H3,(H,22,25). The van der Waals surface area contributed by atoms with Gasteiger partial charge in [0.2, 0.25) is 0 Å². The molecule has 0 radical (unpaired) electrons. The topological polar surface area (TPSA) is 86.1 Å². The van der Waals surface area contributed by atoms with E-state index in [1.165, 1.54) is 10.8 Å². The summed E-state index contributed by atoms with van der Waals surface area (Å²) in [5, 5.41) is 2.01. The second kappa shape index (κ2) is 7.90. The Balaban J connectivity index is 2.05. The number of amides is 1. The molecule has 0 saturated heterocycles. The quantitative estimate of drug-likeness (QED) is 0.712. The molecule has 2 aromatic heterocycles. The first-order valence-electron chi connectivity index (χ1n) is 8.04. The summed E-state index contributed by atoms with van der Waals surface area (Å²) in [6.07, 6.45) is -1.22. The second-order valence-corrected chi connectivity index (χ2v) is 5.65. The van der Waals surface area contributed by atoms with Crippen molar-refractivity contribution in [2.75, 3.05) is 13.7 Å². The van der Waals surface area contributed by atoms with Gasteiger partial charge in [0, 0.05) is 6.20 Å². The van der Waals surface area contributed by atoms with Gasteiger partial charge in [0.25, 0.3) is 17.9 Å². The van der Waals surface area contributed by atoms with Crippen LogP contribution in [0.2, 0.25) is 0 Å². The van der Waals surface area contributed by atoms with Crippen LogP contribution in [0.5, 0.6) is 5.75 Å². The van der Waals surface area contributed by atoms with Crippen LogP contribution in [0.3, 0.4) is 0 Å². The molecule has 9 heteroatoms. The summed E-state index contributed by atoms with van der Waals surface area (Å²) >= 11 is 0. The fraction of sp³-hybridized carbons (Fsp3) is 0.222. The number of methoxy groups -OCH3 is 1. The Bertz CT molecular complexity index is 1020. The van der Waals surface area contributed by atoms with Crippen molar-refractivity contribution < 1.29 is 18.3 Å². The number of halogens is 2. The number of nitrogens with one attached hydrogen (secondary N) is 1. The number of benzene rings is 1. The van der Waals surface area contributed by atoms with Gasteiger partial charge in [0.05, 0.1) is 20.2 Å². The first kappa shape index (κ1) is 18.4. The maximum atomic E-state index is 12.8. The molecule has 140 valence electrons. The van der Waals surface area contributed by atoms with Gasteiger partial charge in [0.1, 0.15) is 11.3 Å². The number of alkyl halides is 2. The molecule has 0 atom stereocenters. The van der Waals surface area contributed by atoms with Crippen LogP contribution >= 0.6 is 0 Å². The van der Waals surface area contributed by atoms with Crippen molar-refractivity contribution in [2.45, 2.75) is 13.0 Å². The average Bonchev–Trinajstić information content (AvgIpc) is 2.68. The molecule has 2 heterocycles. The highest BCUT2D eigenvalue weighted by Crippen LogP contribution is 2.14. The van der Waals surface area contributed by atoms with Crippen molar-refractivity contribution in [1.29, 1.82) is 0 Å². The number of rotatable bonds is 6. The third-order valence-corrected chi connectivity index (χ3v) is 3.83. The maximum Gasteiger partial charge on any atom is 0.284 e. The molecular formula is C18H16F2N4O3. The monoisotopic (exact) mass is 374 g/mol. The van der Waals surface area contributed by atoms with Crippen LogP contribution in [0.15, 0.2) is 47.4 Å². The highest BCUT2D eigenvalue weighted by Gasteiger charge is 2.19. The number of aromatic nitrogens is 3. The molecule has 1 N–H and O–H groups in total. The Kier molecular flexibility index (Phi) is 5.39. The molecule has 0 aliphatic carbocycles. The zero-order valence-corrected chi connectivity index (χ0v) is 14.4. The predicted molar refractivity (Wildman–Crippen MR) is 94.2 cm³/mol. The van der Waals surface area contributed by atoms with E-state index < -0.39 is 30.1 Å². The minimum absolute atomic E-state index is 0.133. The number of carbonyl (C=O) groups is 1.